The predicted octanol–water partition coefficient (Wildman–Crippen LogP) is 3.61. The maximum absolute atomic E-state index is 5.41. The molecule has 0 fully saturated rings. The van der Waals surface area contributed by atoms with E-state index in [2.05, 4.69) is 20.7 Å². The molecule has 0 aliphatic carbocycles. The molecule has 0 bridgehead atoms. The zero-order chi connectivity index (χ0) is 16.2. The Morgan fingerprint density at radius 1 is 0.958 bits per heavy atom. The summed E-state index contributed by atoms with van der Waals surface area (Å²) in [6, 6.07) is 21.7. The van der Waals surface area contributed by atoms with Crippen LogP contribution in [0.2, 0.25) is 0 Å². The van der Waals surface area contributed by atoms with E-state index in [1.807, 2.05) is 66.7 Å². The van der Waals surface area contributed by atoms with Gasteiger partial charge in [0.25, 0.3) is 0 Å². The lowest BCUT2D eigenvalue weighted by Crippen LogP contribution is -1.98. The van der Waals surface area contributed by atoms with E-state index in [1.54, 1.807) is 4.68 Å². The second-order valence-corrected chi connectivity index (χ2v) is 5.98. The Kier molecular flexibility index (Phi) is 4.07. The SMILES string of the molecule is c1ccc(-c2cc(CSc3nnnn3-c3ccccc3)on2)cc1. The van der Waals surface area contributed by atoms with Crippen molar-refractivity contribution in [2.45, 2.75) is 10.9 Å². The highest BCUT2D eigenvalue weighted by Crippen LogP contribution is 2.25. The molecule has 0 aliphatic rings. The first-order chi connectivity index (χ1) is 11.9. The standard InChI is InChI=1S/C17H13N5OS/c1-3-7-13(8-4-1)16-11-15(23-19-16)12-24-17-18-20-21-22(17)14-9-5-2-6-10-14/h1-11H,12H2. The Bertz CT molecular complexity index is 920. The Balaban J connectivity index is 1.49. The average molecular weight is 335 g/mol. The van der Waals surface area contributed by atoms with Gasteiger partial charge in [0, 0.05) is 11.6 Å². The van der Waals surface area contributed by atoms with Crippen LogP contribution in [-0.4, -0.2) is 25.4 Å². The van der Waals surface area contributed by atoms with Crippen LogP contribution >= 0.6 is 11.8 Å². The zero-order valence-corrected chi connectivity index (χ0v) is 13.4. The van der Waals surface area contributed by atoms with Gasteiger partial charge in [-0.3, -0.25) is 0 Å². The molecule has 0 N–H and O–H groups in total. The van der Waals surface area contributed by atoms with Gasteiger partial charge in [-0.05, 0) is 22.6 Å². The molecule has 0 saturated carbocycles. The van der Waals surface area contributed by atoms with Gasteiger partial charge in [-0.15, -0.1) is 5.10 Å². The van der Waals surface area contributed by atoms with Gasteiger partial charge in [-0.1, -0.05) is 65.4 Å². The summed E-state index contributed by atoms with van der Waals surface area (Å²) in [6.45, 7) is 0. The molecule has 2 aromatic carbocycles. The lowest BCUT2D eigenvalue weighted by molar-refractivity contribution is 0.397. The summed E-state index contributed by atoms with van der Waals surface area (Å²) in [5.74, 6) is 1.38. The molecule has 0 amide bonds. The lowest BCUT2D eigenvalue weighted by Gasteiger charge is -2.02. The van der Waals surface area contributed by atoms with Gasteiger partial charge < -0.3 is 4.52 Å². The number of rotatable bonds is 5. The molecule has 0 spiro atoms. The van der Waals surface area contributed by atoms with Gasteiger partial charge in [-0.2, -0.15) is 4.68 Å². The number of para-hydroxylation sites is 1. The maximum Gasteiger partial charge on any atom is 0.214 e. The second-order valence-electron chi connectivity index (χ2n) is 5.04. The molecule has 118 valence electrons. The van der Waals surface area contributed by atoms with Crippen LogP contribution in [0.3, 0.4) is 0 Å². The molecule has 4 rings (SSSR count). The number of benzene rings is 2. The molecule has 4 aromatic rings. The van der Waals surface area contributed by atoms with Crippen molar-refractivity contribution in [2.24, 2.45) is 0 Å². The van der Waals surface area contributed by atoms with E-state index in [1.165, 1.54) is 11.8 Å². The number of tetrazole rings is 1. The summed E-state index contributed by atoms with van der Waals surface area (Å²) in [6.07, 6.45) is 0. The van der Waals surface area contributed by atoms with E-state index in [-0.39, 0.29) is 0 Å². The van der Waals surface area contributed by atoms with Crippen molar-refractivity contribution in [3.63, 3.8) is 0 Å². The first kappa shape index (κ1) is 14.6. The van der Waals surface area contributed by atoms with Crippen molar-refractivity contribution in [3.05, 3.63) is 72.5 Å². The highest BCUT2D eigenvalue weighted by Gasteiger charge is 2.12. The smallest absolute Gasteiger partial charge is 0.214 e. The number of hydrogen-bond donors (Lipinski definition) is 0. The Morgan fingerprint density at radius 3 is 2.50 bits per heavy atom. The summed E-state index contributed by atoms with van der Waals surface area (Å²) in [5, 5.41) is 16.7. The summed E-state index contributed by atoms with van der Waals surface area (Å²) in [5.41, 5.74) is 2.79. The second kappa shape index (κ2) is 6.67. The largest absolute Gasteiger partial charge is 0.360 e. The number of hydrogen-bond acceptors (Lipinski definition) is 6. The van der Waals surface area contributed by atoms with Gasteiger partial charge in [-0.25, -0.2) is 0 Å². The minimum absolute atomic E-state index is 0.604. The molecule has 0 aliphatic heterocycles. The Labute approximate surface area is 142 Å². The van der Waals surface area contributed by atoms with Gasteiger partial charge >= 0.3 is 0 Å². The quantitative estimate of drug-likeness (QED) is 0.519. The monoisotopic (exact) mass is 335 g/mol. The van der Waals surface area contributed by atoms with Crippen LogP contribution in [-0.2, 0) is 5.75 Å². The van der Waals surface area contributed by atoms with Gasteiger partial charge in [0.05, 0.1) is 11.4 Å². The minimum atomic E-state index is 0.604. The molecule has 0 radical (unpaired) electrons. The molecular formula is C17H13N5OS. The van der Waals surface area contributed by atoms with Crippen LogP contribution in [0.5, 0.6) is 0 Å². The topological polar surface area (TPSA) is 69.6 Å². The molecule has 7 heteroatoms. The third kappa shape index (κ3) is 3.07. The van der Waals surface area contributed by atoms with E-state index in [0.29, 0.717) is 10.9 Å². The molecule has 6 nitrogen and oxygen atoms in total. The minimum Gasteiger partial charge on any atom is -0.360 e. The van der Waals surface area contributed by atoms with E-state index in [0.717, 1.165) is 22.7 Å². The average Bonchev–Trinajstić information content (AvgIpc) is 3.31. The van der Waals surface area contributed by atoms with Gasteiger partial charge in [0.1, 0.15) is 11.5 Å². The number of thioether (sulfide) groups is 1. The molecule has 24 heavy (non-hydrogen) atoms. The van der Waals surface area contributed by atoms with Crippen LogP contribution in [0.15, 0.2) is 76.4 Å². The Morgan fingerprint density at radius 2 is 1.71 bits per heavy atom. The molecule has 0 unspecified atom stereocenters. The maximum atomic E-state index is 5.41. The first-order valence-corrected chi connectivity index (χ1v) is 8.36. The fourth-order valence-electron chi connectivity index (χ4n) is 2.26. The fraction of sp³-hybridized carbons (Fsp3) is 0.0588. The van der Waals surface area contributed by atoms with Crippen molar-refractivity contribution in [3.8, 4) is 16.9 Å². The highest BCUT2D eigenvalue weighted by molar-refractivity contribution is 7.98. The third-order valence-corrected chi connectivity index (χ3v) is 4.36. The predicted molar refractivity (Wildman–Crippen MR) is 90.7 cm³/mol. The van der Waals surface area contributed by atoms with Crippen molar-refractivity contribution < 1.29 is 4.52 Å². The zero-order valence-electron chi connectivity index (χ0n) is 12.6. The van der Waals surface area contributed by atoms with E-state index in [4.69, 9.17) is 4.52 Å². The van der Waals surface area contributed by atoms with Crippen LogP contribution in [0.25, 0.3) is 16.9 Å². The van der Waals surface area contributed by atoms with Crippen molar-refractivity contribution >= 4 is 11.8 Å². The first-order valence-electron chi connectivity index (χ1n) is 7.38. The van der Waals surface area contributed by atoms with Crippen LogP contribution in [0, 0.1) is 0 Å². The molecular weight excluding hydrogens is 322 g/mol. The molecule has 2 aromatic heterocycles. The normalized spacial score (nSPS) is 10.8. The summed E-state index contributed by atoms with van der Waals surface area (Å²) >= 11 is 1.50. The van der Waals surface area contributed by atoms with E-state index >= 15 is 0 Å². The Hall–Kier alpha value is -2.93. The number of nitrogens with zero attached hydrogens (tertiary/aromatic N) is 5. The van der Waals surface area contributed by atoms with Crippen LogP contribution < -0.4 is 0 Å². The molecule has 0 saturated heterocycles. The lowest BCUT2D eigenvalue weighted by atomic mass is 10.1. The van der Waals surface area contributed by atoms with Gasteiger partial charge in [0.15, 0.2) is 0 Å². The fourth-order valence-corrected chi connectivity index (χ4v) is 3.03. The van der Waals surface area contributed by atoms with Crippen LogP contribution in [0.1, 0.15) is 5.76 Å². The summed E-state index contributed by atoms with van der Waals surface area (Å²) in [4.78, 5) is 0. The molecule has 2 heterocycles. The third-order valence-electron chi connectivity index (χ3n) is 3.41. The highest BCUT2D eigenvalue weighted by atomic mass is 32.2. The van der Waals surface area contributed by atoms with Crippen molar-refractivity contribution in [2.75, 3.05) is 0 Å². The summed E-state index contributed by atoms with van der Waals surface area (Å²) < 4.78 is 7.12. The van der Waals surface area contributed by atoms with E-state index in [9.17, 15) is 0 Å². The van der Waals surface area contributed by atoms with Crippen molar-refractivity contribution in [1.82, 2.24) is 25.4 Å². The van der Waals surface area contributed by atoms with E-state index < -0.39 is 0 Å². The summed E-state index contributed by atoms with van der Waals surface area (Å²) in [7, 11) is 0. The number of aromatic nitrogens is 5. The van der Waals surface area contributed by atoms with Crippen LogP contribution in [0.4, 0.5) is 0 Å². The van der Waals surface area contributed by atoms with Gasteiger partial charge in [0.2, 0.25) is 5.16 Å². The van der Waals surface area contributed by atoms with Crippen molar-refractivity contribution in [1.29, 1.82) is 0 Å². The molecule has 0 atom stereocenters.